The highest BCUT2D eigenvalue weighted by Crippen LogP contribution is 2.34. The Morgan fingerprint density at radius 2 is 1.67 bits per heavy atom. The van der Waals surface area contributed by atoms with Crippen molar-refractivity contribution in [2.45, 2.75) is 52.1 Å². The van der Waals surface area contributed by atoms with E-state index < -0.39 is 24.4 Å². The van der Waals surface area contributed by atoms with Crippen molar-refractivity contribution in [1.82, 2.24) is 0 Å². The van der Waals surface area contributed by atoms with E-state index in [1.807, 2.05) is 20.8 Å². The Kier molecular flexibility index (Phi) is 3.76. The predicted octanol–water partition coefficient (Wildman–Crippen LogP) is 0.150. The van der Waals surface area contributed by atoms with Gasteiger partial charge in [-0.05, 0) is 5.41 Å². The van der Waals surface area contributed by atoms with Gasteiger partial charge in [-0.15, -0.1) is 0 Å². The fraction of sp³-hybridized carbons (Fsp3) is 1.00. The summed E-state index contributed by atoms with van der Waals surface area (Å²) in [5, 5.41) is 28.9. The molecule has 0 aromatic heterocycles. The first-order chi connectivity index (χ1) is 6.79. The second-order valence-corrected chi connectivity index (χ2v) is 5.48. The molecule has 1 saturated heterocycles. The molecule has 1 rings (SSSR count). The lowest BCUT2D eigenvalue weighted by Gasteiger charge is -2.46. The second kappa shape index (κ2) is 4.37. The van der Waals surface area contributed by atoms with Gasteiger partial charge in [0, 0.05) is 5.92 Å². The molecule has 3 N–H and O–H groups in total. The third kappa shape index (κ3) is 2.50. The first-order valence-electron chi connectivity index (χ1n) is 5.41. The third-order valence-electron chi connectivity index (χ3n) is 3.14. The number of rotatable bonds is 1. The van der Waals surface area contributed by atoms with Crippen LogP contribution >= 0.6 is 0 Å². The van der Waals surface area contributed by atoms with Crippen LogP contribution in [0, 0.1) is 11.3 Å². The van der Waals surface area contributed by atoms with Crippen LogP contribution in [0.25, 0.3) is 0 Å². The van der Waals surface area contributed by atoms with Gasteiger partial charge < -0.3 is 20.1 Å². The molecule has 1 fully saturated rings. The van der Waals surface area contributed by atoms with Crippen molar-refractivity contribution < 1.29 is 20.1 Å². The topological polar surface area (TPSA) is 69.9 Å². The molecule has 4 nitrogen and oxygen atoms in total. The fourth-order valence-corrected chi connectivity index (χ4v) is 2.03. The second-order valence-electron chi connectivity index (χ2n) is 5.48. The average Bonchev–Trinajstić information content (AvgIpc) is 2.13. The first kappa shape index (κ1) is 12.9. The Labute approximate surface area is 90.9 Å². The van der Waals surface area contributed by atoms with E-state index in [4.69, 9.17) is 9.84 Å². The Bertz CT molecular complexity index is 209. The van der Waals surface area contributed by atoms with Gasteiger partial charge in [-0.25, -0.2) is 0 Å². The highest BCUT2D eigenvalue weighted by atomic mass is 16.5. The molecule has 1 heterocycles. The van der Waals surface area contributed by atoms with Crippen molar-refractivity contribution in [1.29, 1.82) is 0 Å². The van der Waals surface area contributed by atoms with Crippen LogP contribution < -0.4 is 0 Å². The van der Waals surface area contributed by atoms with E-state index in [-0.39, 0.29) is 17.9 Å². The summed E-state index contributed by atoms with van der Waals surface area (Å²) in [7, 11) is 0. The SMILES string of the molecule is CC1C(CO)OC(C(C)(C)C)C(O)C1O. The zero-order valence-corrected chi connectivity index (χ0v) is 9.84. The molecule has 15 heavy (non-hydrogen) atoms. The Morgan fingerprint density at radius 3 is 2.07 bits per heavy atom. The minimum absolute atomic E-state index is 0.127. The molecule has 0 bridgehead atoms. The van der Waals surface area contributed by atoms with Gasteiger partial charge in [0.1, 0.15) is 6.10 Å². The normalized spacial score (nSPS) is 43.0. The van der Waals surface area contributed by atoms with E-state index in [0.717, 1.165) is 0 Å². The molecule has 0 spiro atoms. The van der Waals surface area contributed by atoms with Gasteiger partial charge in [0.05, 0.1) is 24.9 Å². The number of aliphatic hydroxyl groups excluding tert-OH is 3. The van der Waals surface area contributed by atoms with Crippen LogP contribution in [0.3, 0.4) is 0 Å². The van der Waals surface area contributed by atoms with Gasteiger partial charge in [-0.3, -0.25) is 0 Å². The number of hydrogen-bond acceptors (Lipinski definition) is 4. The molecule has 0 radical (unpaired) electrons. The number of hydrogen-bond donors (Lipinski definition) is 3. The van der Waals surface area contributed by atoms with Crippen molar-refractivity contribution in [2.24, 2.45) is 11.3 Å². The van der Waals surface area contributed by atoms with Crippen LogP contribution in [0.15, 0.2) is 0 Å². The summed E-state index contributed by atoms with van der Waals surface area (Å²) < 4.78 is 5.63. The van der Waals surface area contributed by atoms with Crippen molar-refractivity contribution in [3.8, 4) is 0 Å². The van der Waals surface area contributed by atoms with Gasteiger partial charge in [0.2, 0.25) is 0 Å². The van der Waals surface area contributed by atoms with Gasteiger partial charge >= 0.3 is 0 Å². The van der Waals surface area contributed by atoms with E-state index in [1.165, 1.54) is 0 Å². The van der Waals surface area contributed by atoms with E-state index in [2.05, 4.69) is 0 Å². The van der Waals surface area contributed by atoms with Gasteiger partial charge in [0.25, 0.3) is 0 Å². The molecule has 0 saturated carbocycles. The maximum atomic E-state index is 9.90. The minimum Gasteiger partial charge on any atom is -0.394 e. The quantitative estimate of drug-likeness (QED) is 0.586. The summed E-state index contributed by atoms with van der Waals surface area (Å²) in [6.45, 7) is 7.47. The van der Waals surface area contributed by atoms with Crippen LogP contribution in [-0.4, -0.2) is 46.3 Å². The maximum Gasteiger partial charge on any atom is 0.107 e. The molecule has 0 aromatic rings. The molecule has 5 unspecified atom stereocenters. The summed E-state index contributed by atoms with van der Waals surface area (Å²) >= 11 is 0. The molecule has 5 atom stereocenters. The summed E-state index contributed by atoms with van der Waals surface area (Å²) in [6.07, 6.45) is -2.56. The number of ether oxygens (including phenoxy) is 1. The summed E-state index contributed by atoms with van der Waals surface area (Å²) in [4.78, 5) is 0. The van der Waals surface area contributed by atoms with Crippen LogP contribution in [0.4, 0.5) is 0 Å². The Morgan fingerprint density at radius 1 is 1.13 bits per heavy atom. The van der Waals surface area contributed by atoms with E-state index in [1.54, 1.807) is 6.92 Å². The predicted molar refractivity (Wildman–Crippen MR) is 56.4 cm³/mol. The smallest absolute Gasteiger partial charge is 0.107 e. The lowest BCUT2D eigenvalue weighted by Crippen LogP contribution is -2.58. The van der Waals surface area contributed by atoms with Gasteiger partial charge in [-0.2, -0.15) is 0 Å². The highest BCUT2D eigenvalue weighted by Gasteiger charge is 2.46. The largest absolute Gasteiger partial charge is 0.394 e. The minimum atomic E-state index is -0.886. The fourth-order valence-electron chi connectivity index (χ4n) is 2.03. The molecule has 1 aliphatic rings. The zero-order valence-electron chi connectivity index (χ0n) is 9.84. The van der Waals surface area contributed by atoms with Crippen LogP contribution in [0.5, 0.6) is 0 Å². The molecular formula is C11H22O4. The highest BCUT2D eigenvalue weighted by molar-refractivity contribution is 4.94. The molecule has 4 heteroatoms. The first-order valence-corrected chi connectivity index (χ1v) is 5.41. The van der Waals surface area contributed by atoms with E-state index in [0.29, 0.717) is 0 Å². The van der Waals surface area contributed by atoms with Crippen molar-refractivity contribution >= 4 is 0 Å². The monoisotopic (exact) mass is 218 g/mol. The number of aliphatic hydroxyl groups is 3. The van der Waals surface area contributed by atoms with Crippen LogP contribution in [0.1, 0.15) is 27.7 Å². The lowest BCUT2D eigenvalue weighted by molar-refractivity contribution is -0.229. The van der Waals surface area contributed by atoms with Gasteiger partial charge in [0.15, 0.2) is 0 Å². The maximum absolute atomic E-state index is 9.90. The zero-order chi connectivity index (χ0) is 11.8. The molecule has 0 aromatic carbocycles. The summed E-state index contributed by atoms with van der Waals surface area (Å²) in [6, 6.07) is 0. The average molecular weight is 218 g/mol. The van der Waals surface area contributed by atoms with Crippen LogP contribution in [0.2, 0.25) is 0 Å². The molecule has 0 aliphatic carbocycles. The summed E-state index contributed by atoms with van der Waals surface area (Å²) in [5.41, 5.74) is -0.256. The molecular weight excluding hydrogens is 196 g/mol. The molecule has 0 amide bonds. The lowest BCUT2D eigenvalue weighted by atomic mass is 9.78. The summed E-state index contributed by atoms with van der Waals surface area (Å²) in [5.74, 6) is -0.247. The van der Waals surface area contributed by atoms with Gasteiger partial charge in [-0.1, -0.05) is 27.7 Å². The standard InChI is InChI=1S/C11H22O4/c1-6-7(5-12)15-10(11(2,3)4)9(14)8(6)13/h6-10,12-14H,5H2,1-4H3. The van der Waals surface area contributed by atoms with E-state index >= 15 is 0 Å². The Hall–Kier alpha value is -0.160. The third-order valence-corrected chi connectivity index (χ3v) is 3.14. The van der Waals surface area contributed by atoms with Crippen molar-refractivity contribution in [2.75, 3.05) is 6.61 Å². The van der Waals surface area contributed by atoms with Crippen molar-refractivity contribution in [3.05, 3.63) is 0 Å². The Balaban J connectivity index is 2.83. The molecule has 1 aliphatic heterocycles. The van der Waals surface area contributed by atoms with E-state index in [9.17, 15) is 10.2 Å². The van der Waals surface area contributed by atoms with Crippen LogP contribution in [-0.2, 0) is 4.74 Å². The molecule has 90 valence electrons. The van der Waals surface area contributed by atoms with Crippen molar-refractivity contribution in [3.63, 3.8) is 0 Å².